The van der Waals surface area contributed by atoms with Gasteiger partial charge in [0.15, 0.2) is 0 Å². The highest BCUT2D eigenvalue weighted by molar-refractivity contribution is 5.92. The Balaban J connectivity index is 1.67. The minimum absolute atomic E-state index is 0.217. The number of hydrogen-bond acceptors (Lipinski definition) is 5. The lowest BCUT2D eigenvalue weighted by Crippen LogP contribution is -2.24. The van der Waals surface area contributed by atoms with Gasteiger partial charge in [-0.25, -0.2) is 15.0 Å². The number of methoxy groups -OCH3 is 1. The highest BCUT2D eigenvalue weighted by Crippen LogP contribution is 2.38. The zero-order chi connectivity index (χ0) is 14.7. The minimum Gasteiger partial charge on any atom is -0.481 e. The van der Waals surface area contributed by atoms with Gasteiger partial charge in [-0.2, -0.15) is 0 Å². The maximum atomic E-state index is 12.2. The number of rotatable bonds is 5. The molecule has 6 heteroatoms. The van der Waals surface area contributed by atoms with Crippen LogP contribution in [0.15, 0.2) is 30.7 Å². The van der Waals surface area contributed by atoms with Gasteiger partial charge < -0.3 is 10.1 Å². The van der Waals surface area contributed by atoms with Crippen molar-refractivity contribution in [1.29, 1.82) is 0 Å². The van der Waals surface area contributed by atoms with Crippen LogP contribution in [-0.4, -0.2) is 28.0 Å². The molecule has 2 aromatic heterocycles. The molecular weight excluding hydrogens is 268 g/mol. The summed E-state index contributed by atoms with van der Waals surface area (Å²) < 4.78 is 5.15. The van der Waals surface area contributed by atoms with Gasteiger partial charge in [0.2, 0.25) is 5.88 Å². The first-order valence-corrected chi connectivity index (χ1v) is 6.86. The van der Waals surface area contributed by atoms with Crippen molar-refractivity contribution in [2.24, 2.45) is 0 Å². The number of carbonyl (C=O) groups excluding carboxylic acids is 1. The predicted octanol–water partition coefficient (Wildman–Crippen LogP) is 1.69. The quantitative estimate of drug-likeness (QED) is 0.904. The number of nitrogens with one attached hydrogen (secondary N) is 1. The van der Waals surface area contributed by atoms with E-state index in [0.29, 0.717) is 24.0 Å². The second-order valence-electron chi connectivity index (χ2n) is 4.96. The van der Waals surface area contributed by atoms with Crippen LogP contribution in [0.5, 0.6) is 5.88 Å². The standard InChI is InChI=1S/C15H16N4O2/c1-21-15-11(3-2-6-16-15)8-17-14(20)13-7-12(10-4-5-10)18-9-19-13/h2-3,6-7,9-10H,4-5,8H2,1H3,(H,17,20). The molecule has 0 saturated heterocycles. The summed E-state index contributed by atoms with van der Waals surface area (Å²) in [6.45, 7) is 0.346. The zero-order valence-electron chi connectivity index (χ0n) is 11.7. The van der Waals surface area contributed by atoms with Gasteiger partial charge in [0.05, 0.1) is 7.11 Å². The van der Waals surface area contributed by atoms with Gasteiger partial charge in [0.1, 0.15) is 12.0 Å². The van der Waals surface area contributed by atoms with E-state index in [4.69, 9.17) is 4.74 Å². The molecule has 1 fully saturated rings. The molecule has 2 aromatic rings. The Kier molecular flexibility index (Phi) is 3.77. The highest BCUT2D eigenvalue weighted by atomic mass is 16.5. The Labute approximate surface area is 122 Å². The van der Waals surface area contributed by atoms with E-state index in [1.165, 1.54) is 6.33 Å². The summed E-state index contributed by atoms with van der Waals surface area (Å²) >= 11 is 0. The number of hydrogen-bond donors (Lipinski definition) is 1. The van der Waals surface area contributed by atoms with Crippen molar-refractivity contribution in [2.75, 3.05) is 7.11 Å². The highest BCUT2D eigenvalue weighted by Gasteiger charge is 2.25. The molecule has 1 aliphatic rings. The molecule has 1 aliphatic carbocycles. The molecule has 0 atom stereocenters. The molecule has 1 N–H and O–H groups in total. The third-order valence-electron chi connectivity index (χ3n) is 3.40. The summed E-state index contributed by atoms with van der Waals surface area (Å²) in [4.78, 5) is 24.5. The lowest BCUT2D eigenvalue weighted by Gasteiger charge is -2.08. The zero-order valence-corrected chi connectivity index (χ0v) is 11.7. The lowest BCUT2D eigenvalue weighted by molar-refractivity contribution is 0.0945. The Morgan fingerprint density at radius 3 is 3.00 bits per heavy atom. The van der Waals surface area contributed by atoms with Crippen molar-refractivity contribution < 1.29 is 9.53 Å². The fourth-order valence-electron chi connectivity index (χ4n) is 2.11. The van der Waals surface area contributed by atoms with Gasteiger partial charge in [-0.1, -0.05) is 6.07 Å². The van der Waals surface area contributed by atoms with Gasteiger partial charge in [0, 0.05) is 29.9 Å². The minimum atomic E-state index is -0.217. The summed E-state index contributed by atoms with van der Waals surface area (Å²) in [6, 6.07) is 5.44. The van der Waals surface area contributed by atoms with Crippen molar-refractivity contribution in [3.8, 4) is 5.88 Å². The first kappa shape index (κ1) is 13.5. The van der Waals surface area contributed by atoms with E-state index in [2.05, 4.69) is 20.3 Å². The van der Waals surface area contributed by atoms with E-state index in [0.717, 1.165) is 24.1 Å². The molecule has 6 nitrogen and oxygen atoms in total. The fraction of sp³-hybridized carbons (Fsp3) is 0.333. The van der Waals surface area contributed by atoms with Crippen LogP contribution in [0.2, 0.25) is 0 Å². The van der Waals surface area contributed by atoms with Crippen molar-refractivity contribution in [2.45, 2.75) is 25.3 Å². The Morgan fingerprint density at radius 1 is 1.38 bits per heavy atom. The molecule has 0 aliphatic heterocycles. The van der Waals surface area contributed by atoms with E-state index in [-0.39, 0.29) is 5.91 Å². The van der Waals surface area contributed by atoms with Gasteiger partial charge in [-0.05, 0) is 25.0 Å². The number of amides is 1. The molecule has 1 amide bonds. The molecular formula is C15H16N4O2. The van der Waals surface area contributed by atoms with Crippen LogP contribution in [0.3, 0.4) is 0 Å². The SMILES string of the molecule is COc1ncccc1CNC(=O)c1cc(C2CC2)ncn1. The third kappa shape index (κ3) is 3.16. The molecule has 21 heavy (non-hydrogen) atoms. The van der Waals surface area contributed by atoms with E-state index in [1.54, 1.807) is 25.4 Å². The Bertz CT molecular complexity index is 656. The molecule has 0 radical (unpaired) electrons. The van der Waals surface area contributed by atoms with E-state index < -0.39 is 0 Å². The number of nitrogens with zero attached hydrogens (tertiary/aromatic N) is 3. The summed E-state index contributed by atoms with van der Waals surface area (Å²) in [7, 11) is 1.56. The largest absolute Gasteiger partial charge is 0.481 e. The molecule has 3 rings (SSSR count). The lowest BCUT2D eigenvalue weighted by atomic mass is 10.2. The van der Waals surface area contributed by atoms with Crippen molar-refractivity contribution in [3.05, 3.63) is 47.7 Å². The number of carbonyl (C=O) groups is 1. The summed E-state index contributed by atoms with van der Waals surface area (Å²) in [5.74, 6) is 0.794. The maximum absolute atomic E-state index is 12.2. The van der Waals surface area contributed by atoms with Crippen LogP contribution in [0.4, 0.5) is 0 Å². The molecule has 0 bridgehead atoms. The molecule has 1 saturated carbocycles. The molecule has 0 aromatic carbocycles. The smallest absolute Gasteiger partial charge is 0.270 e. The summed E-state index contributed by atoms with van der Waals surface area (Å²) in [5.41, 5.74) is 2.17. The van der Waals surface area contributed by atoms with Crippen LogP contribution < -0.4 is 10.1 Å². The van der Waals surface area contributed by atoms with E-state index in [9.17, 15) is 4.79 Å². The van der Waals surface area contributed by atoms with Crippen LogP contribution in [0.25, 0.3) is 0 Å². The topological polar surface area (TPSA) is 77.0 Å². The first-order valence-electron chi connectivity index (χ1n) is 6.86. The fourth-order valence-corrected chi connectivity index (χ4v) is 2.11. The van der Waals surface area contributed by atoms with Crippen LogP contribution in [0.1, 0.15) is 40.5 Å². The van der Waals surface area contributed by atoms with Crippen LogP contribution in [-0.2, 0) is 6.54 Å². The third-order valence-corrected chi connectivity index (χ3v) is 3.40. The molecule has 0 unspecified atom stereocenters. The van der Waals surface area contributed by atoms with Crippen molar-refractivity contribution in [3.63, 3.8) is 0 Å². The van der Waals surface area contributed by atoms with Crippen LogP contribution >= 0.6 is 0 Å². The average molecular weight is 284 g/mol. The normalized spacial score (nSPS) is 13.8. The van der Waals surface area contributed by atoms with E-state index >= 15 is 0 Å². The number of pyridine rings is 1. The van der Waals surface area contributed by atoms with Gasteiger partial charge in [-0.15, -0.1) is 0 Å². The van der Waals surface area contributed by atoms with E-state index in [1.807, 2.05) is 6.07 Å². The second kappa shape index (κ2) is 5.87. The molecule has 0 spiro atoms. The maximum Gasteiger partial charge on any atom is 0.270 e. The molecule has 2 heterocycles. The van der Waals surface area contributed by atoms with Gasteiger partial charge in [0.25, 0.3) is 5.91 Å². The monoisotopic (exact) mass is 284 g/mol. The Hall–Kier alpha value is -2.50. The van der Waals surface area contributed by atoms with Crippen LogP contribution in [0, 0.1) is 0 Å². The summed E-state index contributed by atoms with van der Waals surface area (Å²) in [6.07, 6.45) is 5.39. The number of aromatic nitrogens is 3. The second-order valence-corrected chi connectivity index (χ2v) is 4.96. The summed E-state index contributed by atoms with van der Waals surface area (Å²) in [5, 5.41) is 2.83. The van der Waals surface area contributed by atoms with Gasteiger partial charge >= 0.3 is 0 Å². The van der Waals surface area contributed by atoms with Crippen molar-refractivity contribution >= 4 is 5.91 Å². The average Bonchev–Trinajstić information content (AvgIpc) is 3.38. The predicted molar refractivity (Wildman–Crippen MR) is 76.0 cm³/mol. The first-order chi connectivity index (χ1) is 10.3. The number of ether oxygens (including phenoxy) is 1. The Morgan fingerprint density at radius 2 is 2.24 bits per heavy atom. The van der Waals surface area contributed by atoms with Crippen molar-refractivity contribution in [1.82, 2.24) is 20.3 Å². The van der Waals surface area contributed by atoms with Gasteiger partial charge in [-0.3, -0.25) is 4.79 Å². The molecule has 108 valence electrons.